The Morgan fingerprint density at radius 2 is 1.64 bits per heavy atom. The molecule has 2 heterocycles. The molecule has 0 saturated carbocycles. The quantitative estimate of drug-likeness (QED) is 0.270. The largest absolute Gasteiger partial charge is 0.508 e. The van der Waals surface area contributed by atoms with Gasteiger partial charge in [0, 0.05) is 23.8 Å². The van der Waals surface area contributed by atoms with Gasteiger partial charge in [-0.3, -0.25) is 4.79 Å². The number of rotatable bonds is 4. The molecule has 2 aromatic carbocycles. The number of phenolic OH excluding ortho intramolecular Hbond substituents is 3. The van der Waals surface area contributed by atoms with E-state index < -0.39 is 53.6 Å². The zero-order valence-electron chi connectivity index (χ0n) is 16.5. The third-order valence-corrected chi connectivity index (χ3v) is 5.09. The molecule has 0 unspecified atom stereocenters. The molecule has 0 amide bonds. The van der Waals surface area contributed by atoms with Gasteiger partial charge in [0.2, 0.25) is 6.29 Å². The fraction of sp³-hybridized carbons (Fsp3) is 0.238. The third kappa shape index (κ3) is 4.03. The average Bonchev–Trinajstić information content (AvgIpc) is 2.74. The molecule has 174 valence electrons. The summed E-state index contributed by atoms with van der Waals surface area (Å²) < 4.78 is 15.9. The lowest BCUT2D eigenvalue weighted by Crippen LogP contribution is -2.61. The van der Waals surface area contributed by atoms with E-state index in [0.717, 1.165) is 24.3 Å². The number of carboxylic acid groups (broad SMARTS) is 1. The maximum absolute atomic E-state index is 12.4. The van der Waals surface area contributed by atoms with E-state index in [4.69, 9.17) is 19.0 Å². The summed E-state index contributed by atoms with van der Waals surface area (Å²) in [6.07, 6.45) is -9.22. The number of aliphatic hydroxyl groups is 3. The summed E-state index contributed by atoms with van der Waals surface area (Å²) in [5.74, 6) is -3.19. The molecule has 1 aromatic heterocycles. The molecule has 0 radical (unpaired) electrons. The second kappa shape index (κ2) is 8.26. The molecule has 1 fully saturated rings. The highest BCUT2D eigenvalue weighted by Gasteiger charge is 2.48. The Hall–Kier alpha value is -3.84. The highest BCUT2D eigenvalue weighted by molar-refractivity contribution is 5.86. The number of fused-ring (bicyclic) bond motifs is 1. The van der Waals surface area contributed by atoms with Crippen molar-refractivity contribution in [2.24, 2.45) is 0 Å². The van der Waals surface area contributed by atoms with Crippen molar-refractivity contribution in [1.82, 2.24) is 0 Å². The van der Waals surface area contributed by atoms with E-state index in [1.54, 1.807) is 0 Å². The lowest BCUT2D eigenvalue weighted by molar-refractivity contribution is -0.271. The minimum absolute atomic E-state index is 0.0159. The van der Waals surface area contributed by atoms with E-state index in [0.29, 0.717) is 0 Å². The highest BCUT2D eigenvalue weighted by Crippen LogP contribution is 2.36. The Morgan fingerprint density at radius 3 is 2.30 bits per heavy atom. The fourth-order valence-corrected chi connectivity index (χ4v) is 3.44. The average molecular weight is 462 g/mol. The van der Waals surface area contributed by atoms with Gasteiger partial charge in [-0.05, 0) is 18.2 Å². The number of ether oxygens (including phenoxy) is 2. The van der Waals surface area contributed by atoms with Crippen molar-refractivity contribution in [1.29, 1.82) is 0 Å². The van der Waals surface area contributed by atoms with Crippen molar-refractivity contribution in [2.75, 3.05) is 0 Å². The van der Waals surface area contributed by atoms with Crippen molar-refractivity contribution >= 4 is 16.9 Å². The number of hydrogen-bond donors (Lipinski definition) is 7. The molecule has 1 aliphatic rings. The Balaban J connectivity index is 1.64. The number of aliphatic hydroxyl groups excluding tert-OH is 3. The summed E-state index contributed by atoms with van der Waals surface area (Å²) >= 11 is 0. The summed E-state index contributed by atoms with van der Waals surface area (Å²) in [4.78, 5) is 23.6. The second-order valence-corrected chi connectivity index (χ2v) is 7.35. The molecule has 12 nitrogen and oxygen atoms in total. The van der Waals surface area contributed by atoms with Crippen LogP contribution >= 0.6 is 0 Å². The number of hydrogen-bond acceptors (Lipinski definition) is 11. The molecule has 3 aromatic rings. The first kappa shape index (κ1) is 22.4. The Kier molecular flexibility index (Phi) is 5.59. The van der Waals surface area contributed by atoms with Crippen LogP contribution < -0.4 is 10.2 Å². The first-order valence-corrected chi connectivity index (χ1v) is 9.49. The number of carbonyl (C=O) groups is 1. The molecule has 33 heavy (non-hydrogen) atoms. The first-order valence-electron chi connectivity index (χ1n) is 9.49. The van der Waals surface area contributed by atoms with Crippen LogP contribution in [0.3, 0.4) is 0 Å². The SMILES string of the molecule is O=C(O)[C@H]1O[C@@H](Oc2ccc(-c3cc(=O)c4c(O)cc(O)cc4o3)cc2O)[C@H](O)[C@@H](O)[C@@H]1O. The molecule has 5 atom stereocenters. The van der Waals surface area contributed by atoms with Crippen molar-refractivity contribution in [3.8, 4) is 34.3 Å². The number of aromatic hydroxyl groups is 3. The van der Waals surface area contributed by atoms with Crippen LogP contribution in [0, 0.1) is 0 Å². The van der Waals surface area contributed by atoms with Crippen LogP contribution in [0.1, 0.15) is 0 Å². The van der Waals surface area contributed by atoms with Gasteiger partial charge in [0.05, 0.1) is 0 Å². The van der Waals surface area contributed by atoms with E-state index in [9.17, 15) is 40.2 Å². The lowest BCUT2D eigenvalue weighted by Gasteiger charge is -2.38. The summed E-state index contributed by atoms with van der Waals surface area (Å²) in [5.41, 5.74) is -0.499. The van der Waals surface area contributed by atoms with E-state index in [1.165, 1.54) is 12.1 Å². The number of aliphatic carboxylic acids is 1. The molecule has 0 spiro atoms. The minimum atomic E-state index is -1.90. The van der Waals surface area contributed by atoms with Gasteiger partial charge in [0.15, 0.2) is 23.0 Å². The molecule has 12 heteroatoms. The predicted octanol–water partition coefficient (Wildman–Crippen LogP) is -0.152. The summed E-state index contributed by atoms with van der Waals surface area (Å²) in [6, 6.07) is 6.89. The van der Waals surface area contributed by atoms with Crippen molar-refractivity contribution < 1.29 is 54.4 Å². The van der Waals surface area contributed by atoms with Crippen molar-refractivity contribution in [3.05, 3.63) is 46.6 Å². The van der Waals surface area contributed by atoms with Crippen LogP contribution in [0.2, 0.25) is 0 Å². The monoisotopic (exact) mass is 462 g/mol. The molecular formula is C21H18O12. The molecular weight excluding hydrogens is 444 g/mol. The van der Waals surface area contributed by atoms with Gasteiger partial charge in [0.25, 0.3) is 0 Å². The van der Waals surface area contributed by atoms with Crippen LogP contribution in [0.4, 0.5) is 0 Å². The smallest absolute Gasteiger partial charge is 0.335 e. The summed E-state index contributed by atoms with van der Waals surface area (Å²) in [7, 11) is 0. The zero-order chi connectivity index (χ0) is 24.0. The molecule has 1 saturated heterocycles. The maximum atomic E-state index is 12.4. The topological polar surface area (TPSA) is 207 Å². The Labute approximate surface area is 183 Å². The van der Waals surface area contributed by atoms with E-state index in [2.05, 4.69) is 0 Å². The standard InChI is InChI=1S/C21H18O12/c22-8-4-10(24)15-11(25)6-13(31-14(15)5-8)7-1-2-12(9(23)3-7)32-21-18(28)16(26)17(27)19(33-21)20(29)30/h1-6,16-19,21-24,26-28H,(H,29,30)/t16-,17-,18+,19-,21+/m0/s1. The normalized spacial score (nSPS) is 25.1. The van der Waals surface area contributed by atoms with Gasteiger partial charge in [-0.15, -0.1) is 0 Å². The second-order valence-electron chi connectivity index (χ2n) is 7.35. The lowest BCUT2D eigenvalue weighted by atomic mass is 9.99. The van der Waals surface area contributed by atoms with Gasteiger partial charge in [-0.2, -0.15) is 0 Å². The van der Waals surface area contributed by atoms with Crippen LogP contribution in [-0.4, -0.2) is 72.4 Å². The molecule has 4 rings (SSSR count). The number of phenols is 3. The summed E-state index contributed by atoms with van der Waals surface area (Å²) in [5, 5.41) is 68.4. The number of benzene rings is 2. The highest BCUT2D eigenvalue weighted by atomic mass is 16.7. The Morgan fingerprint density at radius 1 is 0.909 bits per heavy atom. The van der Waals surface area contributed by atoms with E-state index in [-0.39, 0.29) is 33.8 Å². The van der Waals surface area contributed by atoms with E-state index >= 15 is 0 Å². The van der Waals surface area contributed by atoms with Gasteiger partial charge in [0.1, 0.15) is 46.5 Å². The molecule has 0 aliphatic carbocycles. The van der Waals surface area contributed by atoms with Crippen molar-refractivity contribution in [3.63, 3.8) is 0 Å². The van der Waals surface area contributed by atoms with Gasteiger partial charge in [-0.1, -0.05) is 0 Å². The predicted molar refractivity (Wildman–Crippen MR) is 108 cm³/mol. The van der Waals surface area contributed by atoms with Gasteiger partial charge in [-0.25, -0.2) is 4.79 Å². The Bertz CT molecular complexity index is 1280. The van der Waals surface area contributed by atoms with Gasteiger partial charge >= 0.3 is 5.97 Å². The van der Waals surface area contributed by atoms with Crippen LogP contribution in [-0.2, 0) is 9.53 Å². The minimum Gasteiger partial charge on any atom is -0.508 e. The summed E-state index contributed by atoms with van der Waals surface area (Å²) in [6.45, 7) is 0. The number of carboxylic acids is 1. The third-order valence-electron chi connectivity index (χ3n) is 5.09. The molecule has 0 bridgehead atoms. The maximum Gasteiger partial charge on any atom is 0.335 e. The van der Waals surface area contributed by atoms with Gasteiger partial charge < -0.3 is 49.6 Å². The molecule has 7 N–H and O–H groups in total. The van der Waals surface area contributed by atoms with E-state index in [1.807, 2.05) is 0 Å². The molecule has 1 aliphatic heterocycles. The van der Waals surface area contributed by atoms with Crippen molar-refractivity contribution in [2.45, 2.75) is 30.7 Å². The fourth-order valence-electron chi connectivity index (χ4n) is 3.44. The van der Waals surface area contributed by atoms with Crippen LogP contribution in [0.5, 0.6) is 23.0 Å². The first-order chi connectivity index (χ1) is 15.6. The van der Waals surface area contributed by atoms with Crippen LogP contribution in [0.25, 0.3) is 22.3 Å². The zero-order valence-corrected chi connectivity index (χ0v) is 16.5. The van der Waals surface area contributed by atoms with Crippen LogP contribution in [0.15, 0.2) is 45.6 Å².